The molecule has 1 aromatic carbocycles. The Morgan fingerprint density at radius 1 is 1.21 bits per heavy atom. The number of nitrogens with zero attached hydrogens (tertiary/aromatic N) is 1. The predicted octanol–water partition coefficient (Wildman–Crippen LogP) is 2.24. The van der Waals surface area contributed by atoms with E-state index in [4.69, 9.17) is 9.47 Å². The second-order valence-electron chi connectivity index (χ2n) is 6.95. The van der Waals surface area contributed by atoms with E-state index in [1.54, 1.807) is 14.2 Å². The van der Waals surface area contributed by atoms with Gasteiger partial charge in [0.2, 0.25) is 5.91 Å². The summed E-state index contributed by atoms with van der Waals surface area (Å²) in [6, 6.07) is 6.14. The van der Waals surface area contributed by atoms with Crippen LogP contribution in [0.1, 0.15) is 31.2 Å². The lowest BCUT2D eigenvalue weighted by Gasteiger charge is -2.16. The van der Waals surface area contributed by atoms with E-state index in [0.29, 0.717) is 30.4 Å². The van der Waals surface area contributed by atoms with E-state index < -0.39 is 0 Å². The number of carbonyl (C=O) groups excluding carboxylic acids is 1. The molecule has 1 heterocycles. The predicted molar refractivity (Wildman–Crippen MR) is 93.6 cm³/mol. The molecule has 0 aromatic heterocycles. The minimum absolute atomic E-state index is 0.142. The molecule has 1 aromatic rings. The van der Waals surface area contributed by atoms with Crippen molar-refractivity contribution in [3.63, 3.8) is 0 Å². The van der Waals surface area contributed by atoms with Crippen molar-refractivity contribution < 1.29 is 14.3 Å². The summed E-state index contributed by atoms with van der Waals surface area (Å²) < 4.78 is 10.5. The topological polar surface area (TPSA) is 50.8 Å². The molecule has 0 bridgehead atoms. The Hall–Kier alpha value is -1.75. The molecule has 1 aliphatic carbocycles. The van der Waals surface area contributed by atoms with Crippen molar-refractivity contribution in [2.45, 2.75) is 38.1 Å². The largest absolute Gasteiger partial charge is 0.493 e. The lowest BCUT2D eigenvalue weighted by atomic mass is 10.1. The first kappa shape index (κ1) is 17.1. The van der Waals surface area contributed by atoms with Crippen LogP contribution >= 0.6 is 0 Å². The molecule has 1 atom stereocenters. The van der Waals surface area contributed by atoms with Crippen LogP contribution in [0.2, 0.25) is 0 Å². The standard InChI is InChI=1S/C19H28N2O3/c1-23-17-7-5-14(11-18(17)24-2)6-8-19(22)20-16-9-10-21(13-16)12-15-3-4-15/h5,7,11,15-16H,3-4,6,8-10,12-13H2,1-2H3,(H,20,22)/t16-/m0/s1. The van der Waals surface area contributed by atoms with Crippen LogP contribution in [-0.4, -0.2) is 50.7 Å². The second kappa shape index (κ2) is 7.88. The monoisotopic (exact) mass is 332 g/mol. The number of rotatable bonds is 8. The first-order valence-corrected chi connectivity index (χ1v) is 8.90. The average molecular weight is 332 g/mol. The van der Waals surface area contributed by atoms with Gasteiger partial charge in [-0.2, -0.15) is 0 Å². The lowest BCUT2D eigenvalue weighted by molar-refractivity contribution is -0.121. The Morgan fingerprint density at radius 2 is 2.00 bits per heavy atom. The maximum absolute atomic E-state index is 12.2. The van der Waals surface area contributed by atoms with Gasteiger partial charge in [-0.15, -0.1) is 0 Å². The van der Waals surface area contributed by atoms with Crippen molar-refractivity contribution in [1.82, 2.24) is 10.2 Å². The molecule has 1 aliphatic heterocycles. The van der Waals surface area contributed by atoms with Crippen LogP contribution in [0, 0.1) is 5.92 Å². The van der Waals surface area contributed by atoms with E-state index in [-0.39, 0.29) is 5.91 Å². The van der Waals surface area contributed by atoms with E-state index in [0.717, 1.165) is 31.0 Å². The number of carbonyl (C=O) groups is 1. The van der Waals surface area contributed by atoms with Crippen molar-refractivity contribution in [2.75, 3.05) is 33.9 Å². The summed E-state index contributed by atoms with van der Waals surface area (Å²) in [7, 11) is 3.25. The summed E-state index contributed by atoms with van der Waals surface area (Å²) in [5.41, 5.74) is 1.09. The highest BCUT2D eigenvalue weighted by atomic mass is 16.5. The number of amides is 1. The smallest absolute Gasteiger partial charge is 0.220 e. The molecule has 1 N–H and O–H groups in total. The number of benzene rings is 1. The quantitative estimate of drug-likeness (QED) is 0.793. The third kappa shape index (κ3) is 4.63. The van der Waals surface area contributed by atoms with Crippen LogP contribution in [0.4, 0.5) is 0 Å². The third-order valence-electron chi connectivity index (χ3n) is 4.94. The molecular formula is C19H28N2O3. The third-order valence-corrected chi connectivity index (χ3v) is 4.94. The van der Waals surface area contributed by atoms with Crippen LogP contribution in [0.5, 0.6) is 11.5 Å². The fraction of sp³-hybridized carbons (Fsp3) is 0.632. The van der Waals surface area contributed by atoms with Crippen LogP contribution < -0.4 is 14.8 Å². The van der Waals surface area contributed by atoms with Crippen LogP contribution in [0.25, 0.3) is 0 Å². The van der Waals surface area contributed by atoms with E-state index in [1.807, 2.05) is 18.2 Å². The van der Waals surface area contributed by atoms with Gasteiger partial charge < -0.3 is 19.7 Å². The highest BCUT2D eigenvalue weighted by molar-refractivity contribution is 5.76. The second-order valence-corrected chi connectivity index (χ2v) is 6.95. The maximum Gasteiger partial charge on any atom is 0.220 e. The van der Waals surface area contributed by atoms with Crippen molar-refractivity contribution in [3.05, 3.63) is 23.8 Å². The van der Waals surface area contributed by atoms with Gasteiger partial charge in [-0.1, -0.05) is 6.07 Å². The molecule has 0 radical (unpaired) electrons. The minimum atomic E-state index is 0.142. The van der Waals surface area contributed by atoms with Gasteiger partial charge in [0.1, 0.15) is 0 Å². The van der Waals surface area contributed by atoms with Gasteiger partial charge in [0.15, 0.2) is 11.5 Å². The van der Waals surface area contributed by atoms with Crippen molar-refractivity contribution in [2.24, 2.45) is 5.92 Å². The van der Waals surface area contributed by atoms with Gasteiger partial charge in [-0.3, -0.25) is 4.79 Å². The maximum atomic E-state index is 12.2. The van der Waals surface area contributed by atoms with Crippen LogP contribution in [-0.2, 0) is 11.2 Å². The molecule has 1 saturated heterocycles. The molecule has 3 rings (SSSR count). The zero-order chi connectivity index (χ0) is 16.9. The Bertz CT molecular complexity index is 572. The van der Waals surface area contributed by atoms with Gasteiger partial charge in [-0.05, 0) is 49.3 Å². The Balaban J connectivity index is 1.42. The summed E-state index contributed by atoms with van der Waals surface area (Å²) in [5, 5.41) is 3.19. The molecule has 1 amide bonds. The number of methoxy groups -OCH3 is 2. The average Bonchev–Trinajstić information content (AvgIpc) is 3.30. The minimum Gasteiger partial charge on any atom is -0.493 e. The summed E-state index contributed by atoms with van der Waals surface area (Å²) in [4.78, 5) is 14.7. The number of ether oxygens (including phenoxy) is 2. The Morgan fingerprint density at radius 3 is 2.71 bits per heavy atom. The molecule has 0 spiro atoms. The highest BCUT2D eigenvalue weighted by Crippen LogP contribution is 2.31. The molecule has 5 nitrogen and oxygen atoms in total. The lowest BCUT2D eigenvalue weighted by Crippen LogP contribution is -2.37. The van der Waals surface area contributed by atoms with Crippen molar-refractivity contribution in [3.8, 4) is 11.5 Å². The Labute approximate surface area is 144 Å². The van der Waals surface area contributed by atoms with E-state index in [1.165, 1.54) is 19.4 Å². The van der Waals surface area contributed by atoms with Gasteiger partial charge >= 0.3 is 0 Å². The van der Waals surface area contributed by atoms with Gasteiger partial charge in [0, 0.05) is 32.1 Å². The zero-order valence-electron chi connectivity index (χ0n) is 14.7. The summed E-state index contributed by atoms with van der Waals surface area (Å²) in [6.45, 7) is 3.35. The van der Waals surface area contributed by atoms with Crippen molar-refractivity contribution >= 4 is 5.91 Å². The Kier molecular flexibility index (Phi) is 5.61. The van der Waals surface area contributed by atoms with Gasteiger partial charge in [-0.25, -0.2) is 0 Å². The summed E-state index contributed by atoms with van der Waals surface area (Å²) >= 11 is 0. The first-order valence-electron chi connectivity index (χ1n) is 8.90. The van der Waals surface area contributed by atoms with E-state index in [9.17, 15) is 4.79 Å². The number of aryl methyl sites for hydroxylation is 1. The molecule has 24 heavy (non-hydrogen) atoms. The van der Waals surface area contributed by atoms with E-state index in [2.05, 4.69) is 10.2 Å². The molecule has 132 valence electrons. The molecular weight excluding hydrogens is 304 g/mol. The van der Waals surface area contributed by atoms with Gasteiger partial charge in [0.05, 0.1) is 14.2 Å². The molecule has 0 unspecified atom stereocenters. The molecule has 2 aliphatic rings. The van der Waals surface area contributed by atoms with Crippen molar-refractivity contribution in [1.29, 1.82) is 0 Å². The zero-order valence-corrected chi connectivity index (χ0v) is 14.7. The van der Waals surface area contributed by atoms with Crippen LogP contribution in [0.15, 0.2) is 18.2 Å². The molecule has 5 heteroatoms. The van der Waals surface area contributed by atoms with E-state index >= 15 is 0 Å². The number of hydrogen-bond donors (Lipinski definition) is 1. The van der Waals surface area contributed by atoms with Gasteiger partial charge in [0.25, 0.3) is 0 Å². The summed E-state index contributed by atoms with van der Waals surface area (Å²) in [6.07, 6.45) is 5.08. The molecule has 1 saturated carbocycles. The fourth-order valence-corrected chi connectivity index (χ4v) is 3.38. The number of hydrogen-bond acceptors (Lipinski definition) is 4. The first-order chi connectivity index (χ1) is 11.7. The number of likely N-dealkylation sites (tertiary alicyclic amines) is 1. The van der Waals surface area contributed by atoms with Crippen LogP contribution in [0.3, 0.4) is 0 Å². The highest BCUT2D eigenvalue weighted by Gasteiger charge is 2.29. The normalized spacial score (nSPS) is 20.8. The molecule has 2 fully saturated rings. The fourth-order valence-electron chi connectivity index (χ4n) is 3.38. The SMILES string of the molecule is COc1ccc(CCC(=O)N[C@H]2CCN(CC3CC3)C2)cc1OC. The summed E-state index contributed by atoms with van der Waals surface area (Å²) in [5.74, 6) is 2.49. The number of nitrogens with one attached hydrogen (secondary N) is 1.